The molecule has 0 radical (unpaired) electrons. The Morgan fingerprint density at radius 1 is 0.900 bits per heavy atom. The average Bonchev–Trinajstić information content (AvgIpc) is 3.56. The van der Waals surface area contributed by atoms with Gasteiger partial charge in [-0.15, -0.1) is 0 Å². The summed E-state index contributed by atoms with van der Waals surface area (Å²) in [5, 5.41) is 0. The van der Waals surface area contributed by atoms with Crippen molar-refractivity contribution in [2.45, 2.75) is 31.7 Å². The number of H-pyrrole nitrogens is 1. The normalized spacial score (nSPS) is 21.3. The number of aromatic nitrogens is 2. The van der Waals surface area contributed by atoms with Gasteiger partial charge in [0.1, 0.15) is 0 Å². The van der Waals surface area contributed by atoms with Gasteiger partial charge in [0, 0.05) is 51.2 Å². The Hall–Kier alpha value is -2.61. The van der Waals surface area contributed by atoms with Crippen molar-refractivity contribution in [2.24, 2.45) is 5.92 Å². The number of likely N-dealkylation sites (tertiary alicyclic amines) is 1. The number of para-hydroxylation sites is 2. The summed E-state index contributed by atoms with van der Waals surface area (Å²) in [7, 11) is 0. The van der Waals surface area contributed by atoms with Crippen LogP contribution in [0.3, 0.4) is 0 Å². The van der Waals surface area contributed by atoms with Crippen molar-refractivity contribution >= 4 is 22.8 Å². The highest BCUT2D eigenvalue weighted by Gasteiger charge is 2.35. The van der Waals surface area contributed by atoms with Gasteiger partial charge in [-0.05, 0) is 37.8 Å². The number of hydrogen-bond acceptors (Lipinski definition) is 4. The number of piperidine rings is 1. The molecular weight excluding hydrogens is 382 g/mol. The van der Waals surface area contributed by atoms with Gasteiger partial charge in [-0.1, -0.05) is 12.1 Å². The zero-order valence-electron chi connectivity index (χ0n) is 17.3. The predicted octanol–water partition coefficient (Wildman–Crippen LogP) is 1.05. The van der Waals surface area contributed by atoms with E-state index >= 15 is 0 Å². The molecule has 2 aliphatic heterocycles. The van der Waals surface area contributed by atoms with E-state index in [2.05, 4.69) is 9.88 Å². The van der Waals surface area contributed by atoms with E-state index in [4.69, 9.17) is 0 Å². The Bertz CT molecular complexity index is 992. The first-order chi connectivity index (χ1) is 14.6. The number of hydrogen-bond donors (Lipinski definition) is 1. The molecule has 160 valence electrons. The van der Waals surface area contributed by atoms with Gasteiger partial charge in [-0.2, -0.15) is 0 Å². The standard InChI is InChI=1S/C22H29N5O3/c28-20(25-11-13-26(14-12-25)21(29)16-5-6-16)15-24-9-7-17(8-10-24)27-19-4-2-1-3-18(19)23-22(27)30/h1-4,16-17H,5-15H2,(H,23,30). The van der Waals surface area contributed by atoms with Crippen molar-refractivity contribution in [3.05, 3.63) is 34.7 Å². The van der Waals surface area contributed by atoms with Crippen LogP contribution in [0.2, 0.25) is 0 Å². The smallest absolute Gasteiger partial charge is 0.326 e. The molecule has 1 aromatic heterocycles. The maximum Gasteiger partial charge on any atom is 0.326 e. The van der Waals surface area contributed by atoms with Crippen LogP contribution in [-0.4, -0.2) is 81.9 Å². The Labute approximate surface area is 175 Å². The first-order valence-electron chi connectivity index (χ1n) is 11.1. The molecule has 3 heterocycles. The molecule has 8 nitrogen and oxygen atoms in total. The molecule has 0 spiro atoms. The van der Waals surface area contributed by atoms with Crippen molar-refractivity contribution < 1.29 is 9.59 Å². The highest BCUT2D eigenvalue weighted by atomic mass is 16.2. The third-order valence-electron chi connectivity index (χ3n) is 6.78. The Balaban J connectivity index is 1.13. The fraction of sp³-hybridized carbons (Fsp3) is 0.591. The number of rotatable bonds is 4. The van der Waals surface area contributed by atoms with E-state index in [-0.39, 0.29) is 29.5 Å². The van der Waals surface area contributed by atoms with Crippen LogP contribution < -0.4 is 5.69 Å². The van der Waals surface area contributed by atoms with Gasteiger partial charge in [-0.3, -0.25) is 19.1 Å². The van der Waals surface area contributed by atoms with Crippen LogP contribution >= 0.6 is 0 Å². The quantitative estimate of drug-likeness (QED) is 0.815. The van der Waals surface area contributed by atoms with Crippen LogP contribution in [0.15, 0.2) is 29.1 Å². The van der Waals surface area contributed by atoms with E-state index in [9.17, 15) is 14.4 Å². The van der Waals surface area contributed by atoms with Crippen molar-refractivity contribution in [3.8, 4) is 0 Å². The number of nitrogens with one attached hydrogen (secondary N) is 1. The number of piperazine rings is 1. The van der Waals surface area contributed by atoms with E-state index in [0.29, 0.717) is 32.7 Å². The number of nitrogens with zero attached hydrogens (tertiary/aromatic N) is 4. The maximum atomic E-state index is 12.7. The molecule has 0 unspecified atom stereocenters. The SMILES string of the molecule is O=C(CN1CCC(n2c(=O)[nH]c3ccccc32)CC1)N1CCN(C(=O)C2CC2)CC1. The minimum absolute atomic E-state index is 0.0515. The first kappa shape index (κ1) is 19.4. The van der Waals surface area contributed by atoms with Crippen LogP contribution in [0.25, 0.3) is 11.0 Å². The van der Waals surface area contributed by atoms with Gasteiger partial charge >= 0.3 is 5.69 Å². The molecule has 2 amide bonds. The van der Waals surface area contributed by atoms with Crippen LogP contribution in [0.5, 0.6) is 0 Å². The van der Waals surface area contributed by atoms with Gasteiger partial charge in [0.15, 0.2) is 0 Å². The van der Waals surface area contributed by atoms with Crippen LogP contribution in [0.4, 0.5) is 0 Å². The summed E-state index contributed by atoms with van der Waals surface area (Å²) in [5.74, 6) is 0.672. The van der Waals surface area contributed by atoms with Crippen molar-refractivity contribution in [1.82, 2.24) is 24.3 Å². The van der Waals surface area contributed by atoms with Crippen LogP contribution in [0, 0.1) is 5.92 Å². The van der Waals surface area contributed by atoms with Crippen molar-refractivity contribution in [3.63, 3.8) is 0 Å². The second kappa shape index (κ2) is 7.91. The largest absolute Gasteiger partial charge is 0.339 e. The highest BCUT2D eigenvalue weighted by molar-refractivity contribution is 5.82. The van der Waals surface area contributed by atoms with E-state index < -0.39 is 0 Å². The van der Waals surface area contributed by atoms with E-state index in [0.717, 1.165) is 49.8 Å². The molecule has 1 aliphatic carbocycles. The second-order valence-corrected chi connectivity index (χ2v) is 8.80. The molecular formula is C22H29N5O3. The minimum Gasteiger partial charge on any atom is -0.339 e. The Morgan fingerprint density at radius 2 is 1.57 bits per heavy atom. The summed E-state index contributed by atoms with van der Waals surface area (Å²) >= 11 is 0. The fourth-order valence-corrected chi connectivity index (χ4v) is 4.83. The van der Waals surface area contributed by atoms with Gasteiger partial charge in [0.25, 0.3) is 0 Å². The summed E-state index contributed by atoms with van der Waals surface area (Å²) < 4.78 is 1.88. The Kier molecular flexibility index (Phi) is 5.10. The van der Waals surface area contributed by atoms with Crippen molar-refractivity contribution in [1.29, 1.82) is 0 Å². The van der Waals surface area contributed by atoms with Gasteiger partial charge in [-0.25, -0.2) is 4.79 Å². The van der Waals surface area contributed by atoms with E-state index in [1.165, 1.54) is 0 Å². The summed E-state index contributed by atoms with van der Waals surface area (Å²) in [6.07, 6.45) is 3.77. The van der Waals surface area contributed by atoms with Crippen LogP contribution in [0.1, 0.15) is 31.7 Å². The lowest BCUT2D eigenvalue weighted by Gasteiger charge is -2.37. The average molecular weight is 412 g/mol. The van der Waals surface area contributed by atoms with E-state index in [1.54, 1.807) is 0 Å². The summed E-state index contributed by atoms with van der Waals surface area (Å²) in [6, 6.07) is 7.96. The maximum absolute atomic E-state index is 12.7. The summed E-state index contributed by atoms with van der Waals surface area (Å²) in [6.45, 7) is 4.63. The monoisotopic (exact) mass is 411 g/mol. The molecule has 0 bridgehead atoms. The van der Waals surface area contributed by atoms with Crippen LogP contribution in [-0.2, 0) is 9.59 Å². The molecule has 2 aromatic rings. The summed E-state index contributed by atoms with van der Waals surface area (Å²) in [4.78, 5) is 46.3. The molecule has 2 saturated heterocycles. The van der Waals surface area contributed by atoms with Gasteiger partial charge in [0.2, 0.25) is 11.8 Å². The predicted molar refractivity (Wildman–Crippen MR) is 113 cm³/mol. The van der Waals surface area contributed by atoms with Crippen molar-refractivity contribution in [2.75, 3.05) is 45.8 Å². The molecule has 8 heteroatoms. The molecule has 30 heavy (non-hydrogen) atoms. The number of carbonyl (C=O) groups is 2. The third kappa shape index (κ3) is 3.76. The molecule has 3 aliphatic rings. The molecule has 5 rings (SSSR count). The molecule has 3 fully saturated rings. The number of fused-ring (bicyclic) bond motifs is 1. The fourth-order valence-electron chi connectivity index (χ4n) is 4.83. The number of amides is 2. The zero-order valence-corrected chi connectivity index (χ0v) is 17.3. The lowest BCUT2D eigenvalue weighted by Crippen LogP contribution is -2.53. The number of aromatic amines is 1. The second-order valence-electron chi connectivity index (χ2n) is 8.80. The van der Waals surface area contributed by atoms with E-state index in [1.807, 2.05) is 38.6 Å². The summed E-state index contributed by atoms with van der Waals surface area (Å²) in [5.41, 5.74) is 1.78. The molecule has 1 saturated carbocycles. The zero-order chi connectivity index (χ0) is 20.7. The number of imidazole rings is 1. The molecule has 1 aromatic carbocycles. The molecule has 1 N–H and O–H groups in total. The minimum atomic E-state index is -0.0515. The third-order valence-corrected chi connectivity index (χ3v) is 6.78. The highest BCUT2D eigenvalue weighted by Crippen LogP contribution is 2.31. The Morgan fingerprint density at radius 3 is 2.27 bits per heavy atom. The van der Waals surface area contributed by atoms with Gasteiger partial charge < -0.3 is 14.8 Å². The number of carbonyl (C=O) groups excluding carboxylic acids is 2. The van der Waals surface area contributed by atoms with Gasteiger partial charge in [0.05, 0.1) is 17.6 Å². The lowest BCUT2D eigenvalue weighted by molar-refractivity contribution is -0.141. The number of benzene rings is 1. The first-order valence-corrected chi connectivity index (χ1v) is 11.1. The topological polar surface area (TPSA) is 81.7 Å². The molecule has 0 atom stereocenters. The lowest BCUT2D eigenvalue weighted by atomic mass is 10.0.